The smallest absolute Gasteiger partial charge is 0.291 e. The molecule has 3 saturated heterocycles. The summed E-state index contributed by atoms with van der Waals surface area (Å²) in [6, 6.07) is 17.3. The van der Waals surface area contributed by atoms with E-state index in [1.807, 2.05) is 6.07 Å². The highest BCUT2D eigenvalue weighted by atomic mass is 16.5. The van der Waals surface area contributed by atoms with Crippen LogP contribution >= 0.6 is 0 Å². The van der Waals surface area contributed by atoms with Crippen molar-refractivity contribution in [2.45, 2.75) is 18.4 Å². The van der Waals surface area contributed by atoms with E-state index in [0.29, 0.717) is 17.8 Å². The van der Waals surface area contributed by atoms with Crippen molar-refractivity contribution >= 4 is 22.6 Å². The van der Waals surface area contributed by atoms with Gasteiger partial charge in [-0.05, 0) is 42.8 Å². The number of hydrogen-bond acceptors (Lipinski definition) is 6. The molecule has 1 aromatic heterocycles. The second-order valence-corrected chi connectivity index (χ2v) is 8.31. The predicted octanol–water partition coefficient (Wildman–Crippen LogP) is 3.56. The Hall–Kier alpha value is -2.99. The van der Waals surface area contributed by atoms with E-state index in [1.165, 1.54) is 36.7 Å². The molecule has 7 rings (SSSR count). The van der Waals surface area contributed by atoms with Gasteiger partial charge in [0.15, 0.2) is 0 Å². The van der Waals surface area contributed by atoms with Crippen LogP contribution in [0, 0.1) is 5.92 Å². The molecular formula is C23H23N5O. The fraction of sp³-hybridized carbons (Fsp3) is 0.348. The van der Waals surface area contributed by atoms with E-state index in [9.17, 15) is 0 Å². The number of aliphatic imine (C=N–C) groups is 1. The van der Waals surface area contributed by atoms with Gasteiger partial charge in [-0.1, -0.05) is 36.4 Å². The number of ether oxygens (including phenoxy) is 1. The van der Waals surface area contributed by atoms with Crippen LogP contribution in [0.4, 0.5) is 5.82 Å². The Bertz CT molecular complexity index is 1110. The molecule has 0 unspecified atom stereocenters. The number of nitrogens with one attached hydrogen (secondary N) is 1. The van der Waals surface area contributed by atoms with Gasteiger partial charge in [-0.3, -0.25) is 10.2 Å². The predicted molar refractivity (Wildman–Crippen MR) is 114 cm³/mol. The summed E-state index contributed by atoms with van der Waals surface area (Å²) in [5, 5.41) is 5.70. The molecule has 1 N–H and O–H groups in total. The van der Waals surface area contributed by atoms with Gasteiger partial charge in [-0.25, -0.2) is 15.0 Å². The third-order valence-electron chi connectivity index (χ3n) is 6.56. The van der Waals surface area contributed by atoms with E-state index in [4.69, 9.17) is 4.74 Å². The lowest BCUT2D eigenvalue weighted by Crippen LogP contribution is -2.61. The molecule has 0 aliphatic carbocycles. The normalized spacial score (nSPS) is 27.8. The van der Waals surface area contributed by atoms with Gasteiger partial charge < -0.3 is 4.74 Å². The van der Waals surface area contributed by atoms with Crippen LogP contribution in [0.1, 0.15) is 12.8 Å². The van der Waals surface area contributed by atoms with Gasteiger partial charge in [-0.2, -0.15) is 0 Å². The van der Waals surface area contributed by atoms with Crippen LogP contribution in [-0.2, 0) is 4.74 Å². The number of piperidine rings is 3. The lowest BCUT2D eigenvalue weighted by atomic mass is 9.75. The number of anilines is 1. The minimum Gasteiger partial charge on any atom is -0.455 e. The second-order valence-electron chi connectivity index (χ2n) is 8.31. The largest absolute Gasteiger partial charge is 0.455 e. The molecule has 4 aliphatic heterocycles. The minimum absolute atomic E-state index is 0.146. The number of hydrogen-bond donors (Lipinski definition) is 1. The topological polar surface area (TPSA) is 62.6 Å². The van der Waals surface area contributed by atoms with Crippen molar-refractivity contribution in [2.24, 2.45) is 10.9 Å². The van der Waals surface area contributed by atoms with Crippen molar-refractivity contribution in [3.63, 3.8) is 0 Å². The molecule has 3 aromatic rings. The molecule has 146 valence electrons. The van der Waals surface area contributed by atoms with E-state index < -0.39 is 0 Å². The molecule has 2 bridgehead atoms. The van der Waals surface area contributed by atoms with Crippen molar-refractivity contribution < 1.29 is 4.74 Å². The van der Waals surface area contributed by atoms with Crippen molar-refractivity contribution in [3.8, 4) is 11.3 Å². The summed E-state index contributed by atoms with van der Waals surface area (Å²) in [6.45, 7) is 4.11. The fourth-order valence-corrected chi connectivity index (χ4v) is 4.99. The number of fused-ring (bicyclic) bond motifs is 3. The van der Waals surface area contributed by atoms with E-state index in [0.717, 1.165) is 24.3 Å². The molecule has 3 fully saturated rings. The maximum atomic E-state index is 6.37. The van der Waals surface area contributed by atoms with Crippen LogP contribution in [0.25, 0.3) is 22.0 Å². The van der Waals surface area contributed by atoms with Crippen LogP contribution < -0.4 is 5.32 Å². The van der Waals surface area contributed by atoms with E-state index in [1.54, 1.807) is 6.33 Å². The summed E-state index contributed by atoms with van der Waals surface area (Å²) < 4.78 is 6.37. The van der Waals surface area contributed by atoms with Gasteiger partial charge in [0.25, 0.3) is 6.02 Å². The van der Waals surface area contributed by atoms with E-state index in [2.05, 4.69) is 67.6 Å². The molecule has 0 saturated carbocycles. The van der Waals surface area contributed by atoms with Gasteiger partial charge in [-0.15, -0.1) is 0 Å². The molecule has 6 heteroatoms. The van der Waals surface area contributed by atoms with Crippen molar-refractivity contribution in [1.82, 2.24) is 14.9 Å². The monoisotopic (exact) mass is 385 g/mol. The maximum absolute atomic E-state index is 6.37. The second kappa shape index (κ2) is 6.52. The summed E-state index contributed by atoms with van der Waals surface area (Å²) in [6.07, 6.45) is 4.01. The first-order valence-electron chi connectivity index (χ1n) is 10.3. The first-order chi connectivity index (χ1) is 14.3. The highest BCUT2D eigenvalue weighted by molar-refractivity contribution is 5.91. The Balaban J connectivity index is 1.22. The third-order valence-corrected chi connectivity index (χ3v) is 6.56. The molecule has 29 heavy (non-hydrogen) atoms. The molecule has 6 nitrogen and oxygen atoms in total. The first kappa shape index (κ1) is 16.9. The standard InChI is InChI=1S/C23H23N5O/c1-2-4-17-11-18(6-5-16(17)3-1)20-12-21(26-15-25-20)27-22-24-13-23(29-22)14-28-9-7-19(23)8-10-28/h1-6,11-12,15,19H,7-10,13-14H2,(H,24,25,26,27)/t23-/m0/s1. The van der Waals surface area contributed by atoms with Crippen LogP contribution in [0.5, 0.6) is 0 Å². The van der Waals surface area contributed by atoms with Crippen molar-refractivity contribution in [1.29, 1.82) is 0 Å². The number of aromatic nitrogens is 2. The molecule has 1 spiro atoms. The molecule has 0 radical (unpaired) electrons. The first-order valence-corrected chi connectivity index (χ1v) is 10.3. The minimum atomic E-state index is -0.146. The van der Waals surface area contributed by atoms with Gasteiger partial charge in [0.05, 0.1) is 12.2 Å². The molecular weight excluding hydrogens is 362 g/mol. The van der Waals surface area contributed by atoms with Gasteiger partial charge in [0.1, 0.15) is 17.7 Å². The Morgan fingerprint density at radius 3 is 2.69 bits per heavy atom. The Labute approximate surface area is 169 Å². The number of benzene rings is 2. The average molecular weight is 385 g/mol. The zero-order chi connectivity index (χ0) is 19.3. The quantitative estimate of drug-likeness (QED) is 0.731. The summed E-state index contributed by atoms with van der Waals surface area (Å²) in [7, 11) is 0. The van der Waals surface area contributed by atoms with Gasteiger partial charge in [0, 0.05) is 24.1 Å². The number of rotatable bonds is 2. The Kier molecular flexibility index (Phi) is 3.81. The number of nitrogens with zero attached hydrogens (tertiary/aromatic N) is 4. The Morgan fingerprint density at radius 1 is 1.00 bits per heavy atom. The molecule has 2 aromatic carbocycles. The van der Waals surface area contributed by atoms with E-state index in [-0.39, 0.29) is 5.60 Å². The summed E-state index contributed by atoms with van der Waals surface area (Å²) in [5.74, 6) is 1.31. The molecule has 1 atom stereocenters. The van der Waals surface area contributed by atoms with Crippen molar-refractivity contribution in [3.05, 3.63) is 54.9 Å². The van der Waals surface area contributed by atoms with E-state index >= 15 is 0 Å². The zero-order valence-corrected chi connectivity index (χ0v) is 16.2. The Morgan fingerprint density at radius 2 is 1.86 bits per heavy atom. The SMILES string of the molecule is c1ccc2cc(-c3cc(NC4=NC[C@@]5(CN6CCC5CC6)O4)ncn3)ccc2c1. The van der Waals surface area contributed by atoms with Crippen LogP contribution in [0.3, 0.4) is 0 Å². The van der Waals surface area contributed by atoms with Gasteiger partial charge >= 0.3 is 0 Å². The average Bonchev–Trinajstić information content (AvgIpc) is 3.16. The summed E-state index contributed by atoms with van der Waals surface area (Å²) >= 11 is 0. The molecule has 5 heterocycles. The van der Waals surface area contributed by atoms with Crippen molar-refractivity contribution in [2.75, 3.05) is 31.5 Å². The third kappa shape index (κ3) is 2.95. The molecule has 4 aliphatic rings. The summed E-state index contributed by atoms with van der Waals surface area (Å²) in [5.41, 5.74) is 1.80. The fourth-order valence-electron chi connectivity index (χ4n) is 4.99. The van der Waals surface area contributed by atoms with Crippen LogP contribution in [0.15, 0.2) is 59.9 Å². The summed E-state index contributed by atoms with van der Waals surface area (Å²) in [4.78, 5) is 16.0. The lowest BCUT2D eigenvalue weighted by Gasteiger charge is -2.50. The highest BCUT2D eigenvalue weighted by Gasteiger charge is 2.51. The molecule has 0 amide bonds. The zero-order valence-electron chi connectivity index (χ0n) is 16.2. The van der Waals surface area contributed by atoms with Crippen LogP contribution in [-0.4, -0.2) is 52.7 Å². The van der Waals surface area contributed by atoms with Crippen LogP contribution in [0.2, 0.25) is 0 Å². The van der Waals surface area contributed by atoms with Gasteiger partial charge in [0.2, 0.25) is 0 Å². The number of amidine groups is 1. The highest BCUT2D eigenvalue weighted by Crippen LogP contribution is 2.40. The maximum Gasteiger partial charge on any atom is 0.291 e. The lowest BCUT2D eigenvalue weighted by molar-refractivity contribution is -0.0829.